The normalized spacial score (nSPS) is 9.75. The zero-order chi connectivity index (χ0) is 8.81. The Morgan fingerprint density at radius 3 is 3.17 bits per heavy atom. The number of nitrogens with two attached hydrogens (primary N) is 1. The Bertz CT molecular complexity index is 233. The minimum absolute atomic E-state index is 0.229. The van der Waals surface area contributed by atoms with Gasteiger partial charge in [-0.05, 0) is 13.0 Å². The topological polar surface area (TPSA) is 81.0 Å². The molecule has 0 spiro atoms. The number of nitrogens with zero attached hydrogens (tertiary/aromatic N) is 1. The molecule has 0 radical (unpaired) electrons. The van der Waals surface area contributed by atoms with E-state index < -0.39 is 5.97 Å². The molecule has 1 aromatic heterocycles. The lowest BCUT2D eigenvalue weighted by molar-refractivity contribution is 0.0490. The van der Waals surface area contributed by atoms with Gasteiger partial charge >= 0.3 is 5.97 Å². The first-order valence-electron chi connectivity index (χ1n) is 3.71. The third kappa shape index (κ3) is 2.35. The number of aromatic nitrogens is 2. The third-order valence-corrected chi connectivity index (χ3v) is 1.27. The van der Waals surface area contributed by atoms with Crippen LogP contribution >= 0.6 is 0 Å². The smallest absolute Gasteiger partial charge is 0.374 e. The average Bonchev–Trinajstić information content (AvgIpc) is 2.56. The van der Waals surface area contributed by atoms with Gasteiger partial charge in [0.15, 0.2) is 0 Å². The Morgan fingerprint density at radius 1 is 1.75 bits per heavy atom. The molecular weight excluding hydrogens is 158 g/mol. The van der Waals surface area contributed by atoms with Crippen molar-refractivity contribution < 1.29 is 9.53 Å². The van der Waals surface area contributed by atoms with E-state index in [1.807, 2.05) is 0 Å². The van der Waals surface area contributed by atoms with Crippen molar-refractivity contribution in [1.29, 1.82) is 0 Å². The number of imidazole rings is 1. The Labute approximate surface area is 69.9 Å². The monoisotopic (exact) mass is 169 g/mol. The molecule has 0 saturated carbocycles. The molecule has 66 valence electrons. The van der Waals surface area contributed by atoms with Gasteiger partial charge in [0.05, 0.1) is 6.61 Å². The molecule has 0 aliphatic carbocycles. The molecular formula is C7H11N3O2. The van der Waals surface area contributed by atoms with Crippen molar-refractivity contribution in [2.45, 2.75) is 6.42 Å². The summed E-state index contributed by atoms with van der Waals surface area (Å²) >= 11 is 0. The number of H-pyrrole nitrogens is 1. The summed E-state index contributed by atoms with van der Waals surface area (Å²) in [6.07, 6.45) is 3.74. The zero-order valence-electron chi connectivity index (χ0n) is 6.62. The number of nitrogens with one attached hydrogen (secondary N) is 1. The average molecular weight is 169 g/mol. The van der Waals surface area contributed by atoms with Crippen LogP contribution in [0.4, 0.5) is 0 Å². The molecule has 3 N–H and O–H groups in total. The SMILES string of the molecule is NCCCOC(=O)c1ncc[nH]1. The highest BCUT2D eigenvalue weighted by molar-refractivity contribution is 5.84. The van der Waals surface area contributed by atoms with E-state index in [1.54, 1.807) is 6.20 Å². The summed E-state index contributed by atoms with van der Waals surface area (Å²) in [7, 11) is 0. The fraction of sp³-hybridized carbons (Fsp3) is 0.429. The summed E-state index contributed by atoms with van der Waals surface area (Å²) in [5.41, 5.74) is 5.22. The molecule has 0 bridgehead atoms. The zero-order valence-corrected chi connectivity index (χ0v) is 6.62. The van der Waals surface area contributed by atoms with Crippen molar-refractivity contribution in [1.82, 2.24) is 9.97 Å². The van der Waals surface area contributed by atoms with Crippen molar-refractivity contribution in [3.05, 3.63) is 18.2 Å². The van der Waals surface area contributed by atoms with Gasteiger partial charge < -0.3 is 15.5 Å². The quantitative estimate of drug-likeness (QED) is 0.487. The second-order valence-electron chi connectivity index (χ2n) is 2.22. The van der Waals surface area contributed by atoms with E-state index >= 15 is 0 Å². The summed E-state index contributed by atoms with van der Waals surface area (Å²) in [4.78, 5) is 17.4. The molecule has 5 nitrogen and oxygen atoms in total. The molecule has 0 amide bonds. The van der Waals surface area contributed by atoms with E-state index in [2.05, 4.69) is 9.97 Å². The van der Waals surface area contributed by atoms with Crippen LogP contribution in [0.15, 0.2) is 12.4 Å². The van der Waals surface area contributed by atoms with Crippen LogP contribution < -0.4 is 5.73 Å². The second kappa shape index (κ2) is 4.50. The Kier molecular flexibility index (Phi) is 3.28. The van der Waals surface area contributed by atoms with E-state index in [1.165, 1.54) is 6.20 Å². The largest absolute Gasteiger partial charge is 0.460 e. The number of aromatic amines is 1. The van der Waals surface area contributed by atoms with Gasteiger partial charge in [0.1, 0.15) is 0 Å². The first kappa shape index (κ1) is 8.73. The first-order valence-corrected chi connectivity index (χ1v) is 3.71. The predicted octanol–water partition coefficient (Wildman–Crippen LogP) is -0.0847. The minimum Gasteiger partial charge on any atom is -0.460 e. The molecule has 0 atom stereocenters. The summed E-state index contributed by atoms with van der Waals surface area (Å²) in [6, 6.07) is 0. The van der Waals surface area contributed by atoms with Gasteiger partial charge in [0.25, 0.3) is 0 Å². The van der Waals surface area contributed by atoms with Gasteiger partial charge in [-0.15, -0.1) is 0 Å². The third-order valence-electron chi connectivity index (χ3n) is 1.27. The van der Waals surface area contributed by atoms with Crippen LogP contribution in [0.2, 0.25) is 0 Å². The van der Waals surface area contributed by atoms with Crippen LogP contribution in [0.25, 0.3) is 0 Å². The number of carbonyl (C=O) groups is 1. The van der Waals surface area contributed by atoms with Crippen LogP contribution in [0.5, 0.6) is 0 Å². The molecule has 0 aromatic carbocycles. The van der Waals surface area contributed by atoms with E-state index in [4.69, 9.17) is 10.5 Å². The number of carbonyl (C=O) groups excluding carboxylic acids is 1. The van der Waals surface area contributed by atoms with Crippen molar-refractivity contribution in [3.63, 3.8) is 0 Å². The fourth-order valence-corrected chi connectivity index (χ4v) is 0.693. The molecule has 5 heteroatoms. The highest BCUT2D eigenvalue weighted by Gasteiger charge is 2.07. The lowest BCUT2D eigenvalue weighted by Crippen LogP contribution is -2.11. The summed E-state index contributed by atoms with van der Waals surface area (Å²) < 4.78 is 4.81. The highest BCUT2D eigenvalue weighted by Crippen LogP contribution is 1.92. The number of esters is 1. The lowest BCUT2D eigenvalue weighted by atomic mass is 10.5. The lowest BCUT2D eigenvalue weighted by Gasteiger charge is -1.99. The van der Waals surface area contributed by atoms with Crippen molar-refractivity contribution in [3.8, 4) is 0 Å². The van der Waals surface area contributed by atoms with E-state index in [0.717, 1.165) is 0 Å². The molecule has 12 heavy (non-hydrogen) atoms. The fourth-order valence-electron chi connectivity index (χ4n) is 0.693. The summed E-state index contributed by atoms with van der Waals surface area (Å²) in [6.45, 7) is 0.863. The summed E-state index contributed by atoms with van der Waals surface area (Å²) in [5, 5.41) is 0. The minimum atomic E-state index is -0.437. The maximum absolute atomic E-state index is 11.0. The Hall–Kier alpha value is -1.36. The van der Waals surface area contributed by atoms with Crippen LogP contribution in [-0.4, -0.2) is 29.1 Å². The maximum atomic E-state index is 11.0. The molecule has 0 aliphatic rings. The number of rotatable bonds is 4. The van der Waals surface area contributed by atoms with Gasteiger partial charge in [-0.25, -0.2) is 9.78 Å². The number of hydrogen-bond donors (Lipinski definition) is 2. The standard InChI is InChI=1S/C7H11N3O2/c8-2-1-5-12-7(11)6-9-3-4-10-6/h3-4H,1-2,5,8H2,(H,9,10). The molecule has 0 saturated heterocycles. The van der Waals surface area contributed by atoms with Gasteiger partial charge in [-0.1, -0.05) is 0 Å². The van der Waals surface area contributed by atoms with Gasteiger partial charge in [-0.3, -0.25) is 0 Å². The van der Waals surface area contributed by atoms with Crippen molar-refractivity contribution in [2.24, 2.45) is 5.73 Å². The molecule has 0 unspecified atom stereocenters. The number of ether oxygens (including phenoxy) is 1. The van der Waals surface area contributed by atoms with Crippen LogP contribution in [0, 0.1) is 0 Å². The number of hydrogen-bond acceptors (Lipinski definition) is 4. The van der Waals surface area contributed by atoms with Crippen LogP contribution in [0.3, 0.4) is 0 Å². The van der Waals surface area contributed by atoms with Crippen molar-refractivity contribution >= 4 is 5.97 Å². The van der Waals surface area contributed by atoms with E-state index in [-0.39, 0.29) is 5.82 Å². The molecule has 0 fully saturated rings. The Morgan fingerprint density at radius 2 is 2.58 bits per heavy atom. The van der Waals surface area contributed by atoms with Crippen LogP contribution in [0.1, 0.15) is 17.0 Å². The van der Waals surface area contributed by atoms with Crippen molar-refractivity contribution in [2.75, 3.05) is 13.2 Å². The molecule has 1 rings (SSSR count). The first-order chi connectivity index (χ1) is 5.84. The Balaban J connectivity index is 2.30. The van der Waals surface area contributed by atoms with Gasteiger partial charge in [0.2, 0.25) is 5.82 Å². The maximum Gasteiger partial charge on any atom is 0.374 e. The van der Waals surface area contributed by atoms with Gasteiger partial charge in [-0.2, -0.15) is 0 Å². The highest BCUT2D eigenvalue weighted by atomic mass is 16.5. The second-order valence-corrected chi connectivity index (χ2v) is 2.22. The van der Waals surface area contributed by atoms with Crippen LogP contribution in [-0.2, 0) is 4.74 Å². The molecule has 1 aromatic rings. The predicted molar refractivity (Wildman–Crippen MR) is 42.5 cm³/mol. The molecule has 0 aliphatic heterocycles. The van der Waals surface area contributed by atoms with E-state index in [9.17, 15) is 4.79 Å². The van der Waals surface area contributed by atoms with E-state index in [0.29, 0.717) is 19.6 Å². The summed E-state index contributed by atoms with van der Waals surface area (Å²) in [5.74, 6) is -0.208. The molecule has 1 heterocycles. The van der Waals surface area contributed by atoms with Gasteiger partial charge in [0, 0.05) is 12.4 Å².